The van der Waals surface area contributed by atoms with Crippen LogP contribution in [0.2, 0.25) is 5.02 Å². The zero-order chi connectivity index (χ0) is 17.1. The zero-order valence-electron chi connectivity index (χ0n) is 13.6. The van der Waals surface area contributed by atoms with Crippen molar-refractivity contribution >= 4 is 11.6 Å². The van der Waals surface area contributed by atoms with Gasteiger partial charge in [-0.25, -0.2) is 4.98 Å². The smallest absolute Gasteiger partial charge is 0.0954 e. The molecule has 1 atom stereocenters. The lowest BCUT2D eigenvalue weighted by atomic mass is 9.91. The van der Waals surface area contributed by atoms with Crippen LogP contribution in [0, 0.1) is 0 Å². The highest BCUT2D eigenvalue weighted by molar-refractivity contribution is 6.30. The molecule has 0 aliphatic rings. The van der Waals surface area contributed by atoms with Crippen molar-refractivity contribution in [3.8, 4) is 11.1 Å². The average molecular weight is 345 g/mol. The van der Waals surface area contributed by atoms with E-state index in [4.69, 9.17) is 11.6 Å². The van der Waals surface area contributed by atoms with Crippen molar-refractivity contribution in [1.82, 2.24) is 9.55 Å². The molecule has 1 aromatic heterocycles. The Morgan fingerprint density at radius 3 is 2.24 bits per heavy atom. The number of benzene rings is 3. The van der Waals surface area contributed by atoms with Gasteiger partial charge < -0.3 is 4.57 Å². The molecule has 0 fully saturated rings. The Balaban J connectivity index is 1.90. The Bertz CT molecular complexity index is 945. The molecule has 4 aromatic rings. The molecule has 0 spiro atoms. The van der Waals surface area contributed by atoms with Gasteiger partial charge in [-0.1, -0.05) is 78.3 Å². The van der Waals surface area contributed by atoms with Gasteiger partial charge in [-0.3, -0.25) is 0 Å². The number of imidazole rings is 1. The molecule has 3 aromatic carbocycles. The van der Waals surface area contributed by atoms with E-state index < -0.39 is 0 Å². The first kappa shape index (κ1) is 15.7. The minimum absolute atomic E-state index is 0.0654. The molecule has 0 saturated heterocycles. The molecule has 0 radical (unpaired) electrons. The van der Waals surface area contributed by atoms with E-state index in [0.29, 0.717) is 0 Å². The van der Waals surface area contributed by atoms with Crippen molar-refractivity contribution in [3.63, 3.8) is 0 Å². The summed E-state index contributed by atoms with van der Waals surface area (Å²) in [4.78, 5) is 4.25. The molecule has 0 N–H and O–H groups in total. The number of hydrogen-bond donors (Lipinski definition) is 0. The van der Waals surface area contributed by atoms with E-state index in [9.17, 15) is 0 Å². The summed E-state index contributed by atoms with van der Waals surface area (Å²) in [5.41, 5.74) is 4.80. The molecule has 1 unspecified atom stereocenters. The van der Waals surface area contributed by atoms with Crippen LogP contribution in [0.5, 0.6) is 0 Å². The summed E-state index contributed by atoms with van der Waals surface area (Å²) in [7, 11) is 0. The van der Waals surface area contributed by atoms with Gasteiger partial charge in [0.05, 0.1) is 12.4 Å². The van der Waals surface area contributed by atoms with Crippen LogP contribution in [0.25, 0.3) is 11.1 Å². The molecule has 0 amide bonds. The SMILES string of the molecule is Clc1ccc(-c2ccccc2C(c2ccccc2)n2ccnc2)cc1. The third kappa shape index (κ3) is 3.21. The summed E-state index contributed by atoms with van der Waals surface area (Å²) in [6.07, 6.45) is 5.70. The van der Waals surface area contributed by atoms with Crippen LogP contribution in [-0.4, -0.2) is 9.55 Å². The Morgan fingerprint density at radius 2 is 1.52 bits per heavy atom. The van der Waals surface area contributed by atoms with Gasteiger partial charge in [-0.15, -0.1) is 0 Å². The van der Waals surface area contributed by atoms with Gasteiger partial charge in [0.15, 0.2) is 0 Å². The lowest BCUT2D eigenvalue weighted by Crippen LogP contribution is -2.11. The Labute approximate surface area is 152 Å². The van der Waals surface area contributed by atoms with Crippen LogP contribution in [0.1, 0.15) is 17.2 Å². The highest BCUT2D eigenvalue weighted by Crippen LogP contribution is 2.34. The largest absolute Gasteiger partial charge is 0.326 e. The summed E-state index contributed by atoms with van der Waals surface area (Å²) in [6.45, 7) is 0. The van der Waals surface area contributed by atoms with Gasteiger partial charge in [0.1, 0.15) is 0 Å². The van der Waals surface area contributed by atoms with Crippen molar-refractivity contribution in [2.45, 2.75) is 6.04 Å². The summed E-state index contributed by atoms with van der Waals surface area (Å²) in [5, 5.41) is 0.746. The van der Waals surface area contributed by atoms with E-state index in [1.54, 1.807) is 0 Å². The molecule has 0 aliphatic carbocycles. The molecule has 122 valence electrons. The van der Waals surface area contributed by atoms with Crippen LogP contribution in [0.4, 0.5) is 0 Å². The van der Waals surface area contributed by atoms with E-state index >= 15 is 0 Å². The fourth-order valence-corrected chi connectivity index (χ4v) is 3.32. The van der Waals surface area contributed by atoms with Gasteiger partial charge >= 0.3 is 0 Å². The molecular weight excluding hydrogens is 328 g/mol. The minimum Gasteiger partial charge on any atom is -0.326 e. The van der Waals surface area contributed by atoms with Crippen LogP contribution >= 0.6 is 11.6 Å². The summed E-state index contributed by atoms with van der Waals surface area (Å²) in [5.74, 6) is 0. The molecule has 1 heterocycles. The summed E-state index contributed by atoms with van der Waals surface area (Å²) in [6, 6.07) is 27.1. The highest BCUT2D eigenvalue weighted by Gasteiger charge is 2.19. The number of halogens is 1. The first-order valence-electron chi connectivity index (χ1n) is 8.20. The fourth-order valence-electron chi connectivity index (χ4n) is 3.20. The van der Waals surface area contributed by atoms with E-state index in [2.05, 4.69) is 70.2 Å². The topological polar surface area (TPSA) is 17.8 Å². The lowest BCUT2D eigenvalue weighted by Gasteiger charge is -2.23. The summed E-state index contributed by atoms with van der Waals surface area (Å²) >= 11 is 6.07. The van der Waals surface area contributed by atoms with E-state index in [0.717, 1.165) is 10.6 Å². The monoisotopic (exact) mass is 344 g/mol. The van der Waals surface area contributed by atoms with Gasteiger partial charge in [0.2, 0.25) is 0 Å². The molecule has 0 bridgehead atoms. The number of aromatic nitrogens is 2. The quantitative estimate of drug-likeness (QED) is 0.454. The maximum Gasteiger partial charge on any atom is 0.0954 e. The lowest BCUT2D eigenvalue weighted by molar-refractivity contribution is 0.678. The van der Waals surface area contributed by atoms with Crippen LogP contribution in [-0.2, 0) is 0 Å². The highest BCUT2D eigenvalue weighted by atomic mass is 35.5. The zero-order valence-corrected chi connectivity index (χ0v) is 14.3. The van der Waals surface area contributed by atoms with Crippen molar-refractivity contribution in [2.24, 2.45) is 0 Å². The molecule has 0 saturated carbocycles. The number of nitrogens with zero attached hydrogens (tertiary/aromatic N) is 2. The second-order valence-corrected chi connectivity index (χ2v) is 6.35. The number of rotatable bonds is 4. The minimum atomic E-state index is 0.0654. The maximum absolute atomic E-state index is 6.07. The van der Waals surface area contributed by atoms with E-state index in [1.807, 2.05) is 36.9 Å². The van der Waals surface area contributed by atoms with Crippen molar-refractivity contribution in [1.29, 1.82) is 0 Å². The van der Waals surface area contributed by atoms with Gasteiger partial charge in [0.25, 0.3) is 0 Å². The first-order chi connectivity index (χ1) is 12.3. The van der Waals surface area contributed by atoms with E-state index in [1.165, 1.54) is 16.7 Å². The van der Waals surface area contributed by atoms with Gasteiger partial charge in [-0.05, 0) is 34.4 Å². The van der Waals surface area contributed by atoms with Crippen LogP contribution in [0.15, 0.2) is 97.6 Å². The first-order valence-corrected chi connectivity index (χ1v) is 8.58. The van der Waals surface area contributed by atoms with Crippen LogP contribution < -0.4 is 0 Å². The average Bonchev–Trinajstić information content (AvgIpc) is 3.18. The van der Waals surface area contributed by atoms with Gasteiger partial charge in [-0.2, -0.15) is 0 Å². The van der Waals surface area contributed by atoms with Crippen LogP contribution in [0.3, 0.4) is 0 Å². The molecule has 3 heteroatoms. The molecule has 0 aliphatic heterocycles. The summed E-state index contributed by atoms with van der Waals surface area (Å²) < 4.78 is 2.14. The second kappa shape index (κ2) is 6.96. The third-order valence-electron chi connectivity index (χ3n) is 4.35. The predicted molar refractivity (Wildman–Crippen MR) is 103 cm³/mol. The van der Waals surface area contributed by atoms with Crippen molar-refractivity contribution < 1.29 is 0 Å². The third-order valence-corrected chi connectivity index (χ3v) is 4.60. The normalized spacial score (nSPS) is 12.0. The molecular formula is C22H17ClN2. The standard InChI is InChI=1S/C22H17ClN2/c23-19-12-10-17(11-13-19)20-8-4-5-9-21(20)22(25-15-14-24-16-25)18-6-2-1-3-7-18/h1-16,22H. The fraction of sp³-hybridized carbons (Fsp3) is 0.0455. The molecule has 4 rings (SSSR count). The second-order valence-electron chi connectivity index (χ2n) is 5.92. The van der Waals surface area contributed by atoms with E-state index in [-0.39, 0.29) is 6.04 Å². The van der Waals surface area contributed by atoms with Crippen molar-refractivity contribution in [2.75, 3.05) is 0 Å². The number of hydrogen-bond acceptors (Lipinski definition) is 1. The van der Waals surface area contributed by atoms with Gasteiger partial charge in [0, 0.05) is 17.4 Å². The Kier molecular flexibility index (Phi) is 4.36. The molecule has 2 nitrogen and oxygen atoms in total. The predicted octanol–water partition coefficient (Wildman–Crippen LogP) is 5.84. The molecule has 25 heavy (non-hydrogen) atoms. The Morgan fingerprint density at radius 1 is 0.800 bits per heavy atom. The maximum atomic E-state index is 6.07. The Hall–Kier alpha value is -2.84. The van der Waals surface area contributed by atoms with Crippen molar-refractivity contribution in [3.05, 3.63) is 114 Å².